The number of amides is 2. The first-order valence-corrected chi connectivity index (χ1v) is 6.58. The molecular formula is C13H13BrN4O2. The van der Waals surface area contributed by atoms with Gasteiger partial charge in [-0.2, -0.15) is 0 Å². The number of halogens is 1. The second-order valence-corrected chi connectivity index (χ2v) is 4.82. The average Bonchev–Trinajstić information content (AvgIpc) is 2.41. The van der Waals surface area contributed by atoms with Gasteiger partial charge < -0.3 is 10.1 Å². The first kappa shape index (κ1) is 14.3. The summed E-state index contributed by atoms with van der Waals surface area (Å²) in [7, 11) is 1.55. The Kier molecular flexibility index (Phi) is 4.52. The van der Waals surface area contributed by atoms with Crippen molar-refractivity contribution in [3.8, 4) is 5.75 Å². The van der Waals surface area contributed by atoms with Crippen molar-refractivity contribution in [2.24, 2.45) is 0 Å². The van der Waals surface area contributed by atoms with E-state index in [9.17, 15) is 4.79 Å². The maximum Gasteiger partial charge on any atom is 0.324 e. The van der Waals surface area contributed by atoms with Crippen LogP contribution in [0.2, 0.25) is 0 Å². The molecule has 1 heterocycles. The summed E-state index contributed by atoms with van der Waals surface area (Å²) in [5.74, 6) is 0.949. The summed E-state index contributed by atoms with van der Waals surface area (Å²) in [6, 6.07) is 5.11. The van der Waals surface area contributed by atoms with Crippen LogP contribution in [-0.4, -0.2) is 23.1 Å². The smallest absolute Gasteiger partial charge is 0.324 e. The van der Waals surface area contributed by atoms with Crippen LogP contribution >= 0.6 is 15.9 Å². The Labute approximate surface area is 124 Å². The maximum absolute atomic E-state index is 11.9. The molecule has 1 aromatic heterocycles. The zero-order chi connectivity index (χ0) is 14.5. The topological polar surface area (TPSA) is 76.1 Å². The van der Waals surface area contributed by atoms with Gasteiger partial charge in [0, 0.05) is 0 Å². The van der Waals surface area contributed by atoms with E-state index < -0.39 is 6.03 Å². The Balaban J connectivity index is 2.08. The second-order valence-electron chi connectivity index (χ2n) is 4.01. The molecular weight excluding hydrogens is 324 g/mol. The molecule has 6 nitrogen and oxygen atoms in total. The fourth-order valence-corrected chi connectivity index (χ4v) is 1.77. The van der Waals surface area contributed by atoms with E-state index in [1.807, 2.05) is 19.1 Å². The minimum absolute atomic E-state index is 0.359. The number of anilines is 2. The van der Waals surface area contributed by atoms with Gasteiger partial charge in [-0.05, 0) is 40.5 Å². The van der Waals surface area contributed by atoms with Crippen molar-refractivity contribution < 1.29 is 9.53 Å². The number of aromatic nitrogens is 2. The third-order valence-electron chi connectivity index (χ3n) is 2.47. The summed E-state index contributed by atoms with van der Waals surface area (Å²) in [5, 5.41) is 5.30. The first-order chi connectivity index (χ1) is 9.58. The van der Waals surface area contributed by atoms with Crippen molar-refractivity contribution in [3.05, 3.63) is 40.8 Å². The SMILES string of the molecule is COc1ccc(C)cc1NC(=O)Nc1cnc(Br)cn1. The number of carbonyl (C=O) groups excluding carboxylic acids is 1. The Morgan fingerprint density at radius 2 is 2.05 bits per heavy atom. The standard InChI is InChI=1S/C13H13BrN4O2/c1-8-3-4-10(20-2)9(5-8)17-13(19)18-12-7-15-11(14)6-16-12/h3-7H,1-2H3,(H2,16,17,18,19). The number of carbonyl (C=O) groups is 1. The van der Waals surface area contributed by atoms with Crippen LogP contribution in [0.4, 0.5) is 16.3 Å². The lowest BCUT2D eigenvalue weighted by Gasteiger charge is -2.11. The third-order valence-corrected chi connectivity index (χ3v) is 2.87. The minimum atomic E-state index is -0.412. The van der Waals surface area contributed by atoms with Gasteiger partial charge in [0.15, 0.2) is 5.82 Å². The molecule has 0 saturated heterocycles. The van der Waals surface area contributed by atoms with E-state index in [2.05, 4.69) is 36.5 Å². The molecule has 0 saturated carbocycles. The zero-order valence-corrected chi connectivity index (χ0v) is 12.6. The normalized spacial score (nSPS) is 9.95. The van der Waals surface area contributed by atoms with Crippen LogP contribution in [0.25, 0.3) is 0 Å². The van der Waals surface area contributed by atoms with Gasteiger partial charge in [-0.1, -0.05) is 6.07 Å². The molecule has 2 rings (SSSR count). The maximum atomic E-state index is 11.9. The van der Waals surface area contributed by atoms with Crippen molar-refractivity contribution in [3.63, 3.8) is 0 Å². The van der Waals surface area contributed by atoms with Crippen LogP contribution in [0, 0.1) is 6.92 Å². The lowest BCUT2D eigenvalue weighted by atomic mass is 10.2. The molecule has 0 bridgehead atoms. The lowest BCUT2D eigenvalue weighted by molar-refractivity contribution is 0.262. The van der Waals surface area contributed by atoms with E-state index in [-0.39, 0.29) is 0 Å². The monoisotopic (exact) mass is 336 g/mol. The molecule has 7 heteroatoms. The highest BCUT2D eigenvalue weighted by molar-refractivity contribution is 9.10. The second kappa shape index (κ2) is 6.33. The third kappa shape index (κ3) is 3.67. The highest BCUT2D eigenvalue weighted by atomic mass is 79.9. The summed E-state index contributed by atoms with van der Waals surface area (Å²) in [6.45, 7) is 1.93. The summed E-state index contributed by atoms with van der Waals surface area (Å²) >= 11 is 3.17. The molecule has 0 aliphatic carbocycles. The number of ether oxygens (including phenoxy) is 1. The predicted molar refractivity (Wildman–Crippen MR) is 80.1 cm³/mol. The van der Waals surface area contributed by atoms with E-state index in [1.54, 1.807) is 13.2 Å². The van der Waals surface area contributed by atoms with Crippen LogP contribution in [0.3, 0.4) is 0 Å². The van der Waals surface area contributed by atoms with Crippen molar-refractivity contribution in [1.82, 2.24) is 9.97 Å². The molecule has 0 radical (unpaired) electrons. The molecule has 0 aliphatic rings. The van der Waals surface area contributed by atoms with Crippen molar-refractivity contribution in [1.29, 1.82) is 0 Å². The van der Waals surface area contributed by atoms with E-state index in [1.165, 1.54) is 12.4 Å². The molecule has 20 heavy (non-hydrogen) atoms. The van der Waals surface area contributed by atoms with Crippen LogP contribution in [0.15, 0.2) is 35.2 Å². The lowest BCUT2D eigenvalue weighted by Crippen LogP contribution is -2.20. The van der Waals surface area contributed by atoms with Crippen LogP contribution in [0.5, 0.6) is 5.75 Å². The number of benzene rings is 1. The first-order valence-electron chi connectivity index (χ1n) is 5.78. The van der Waals surface area contributed by atoms with Crippen molar-refractivity contribution in [2.45, 2.75) is 6.92 Å². The quantitative estimate of drug-likeness (QED) is 0.902. The molecule has 2 aromatic rings. The highest BCUT2D eigenvalue weighted by Crippen LogP contribution is 2.25. The van der Waals surface area contributed by atoms with Gasteiger partial charge in [0.05, 0.1) is 25.2 Å². The van der Waals surface area contributed by atoms with Crippen LogP contribution < -0.4 is 15.4 Å². The predicted octanol–water partition coefficient (Wildman–Crippen LogP) is 3.20. The van der Waals surface area contributed by atoms with Gasteiger partial charge in [0.25, 0.3) is 0 Å². The summed E-state index contributed by atoms with van der Waals surface area (Å²) in [5.41, 5.74) is 1.61. The van der Waals surface area contributed by atoms with E-state index in [0.29, 0.717) is 21.9 Å². The molecule has 0 fully saturated rings. The Morgan fingerprint density at radius 1 is 1.25 bits per heavy atom. The van der Waals surface area contributed by atoms with Crippen LogP contribution in [-0.2, 0) is 0 Å². The van der Waals surface area contributed by atoms with Gasteiger partial charge in [-0.25, -0.2) is 14.8 Å². The fourth-order valence-electron chi connectivity index (χ4n) is 1.57. The fraction of sp³-hybridized carbons (Fsp3) is 0.154. The molecule has 0 atom stereocenters. The number of methoxy groups -OCH3 is 1. The largest absolute Gasteiger partial charge is 0.495 e. The van der Waals surface area contributed by atoms with Gasteiger partial charge in [-0.15, -0.1) is 0 Å². The van der Waals surface area contributed by atoms with Gasteiger partial charge in [0.1, 0.15) is 10.4 Å². The minimum Gasteiger partial charge on any atom is -0.495 e. The number of urea groups is 1. The van der Waals surface area contributed by atoms with Crippen molar-refractivity contribution >= 4 is 33.5 Å². The van der Waals surface area contributed by atoms with Gasteiger partial charge in [-0.3, -0.25) is 5.32 Å². The number of hydrogen-bond donors (Lipinski definition) is 2. The molecule has 1 aromatic carbocycles. The average molecular weight is 337 g/mol. The van der Waals surface area contributed by atoms with Gasteiger partial charge >= 0.3 is 6.03 Å². The molecule has 2 N–H and O–H groups in total. The number of nitrogens with one attached hydrogen (secondary N) is 2. The van der Waals surface area contributed by atoms with E-state index in [4.69, 9.17) is 4.74 Å². The molecule has 104 valence electrons. The van der Waals surface area contributed by atoms with E-state index >= 15 is 0 Å². The summed E-state index contributed by atoms with van der Waals surface area (Å²) in [6.07, 6.45) is 2.96. The van der Waals surface area contributed by atoms with Crippen LogP contribution in [0.1, 0.15) is 5.56 Å². The number of rotatable bonds is 3. The van der Waals surface area contributed by atoms with E-state index in [0.717, 1.165) is 5.56 Å². The Bertz CT molecular complexity index is 616. The summed E-state index contributed by atoms with van der Waals surface area (Å²) < 4.78 is 5.79. The summed E-state index contributed by atoms with van der Waals surface area (Å²) in [4.78, 5) is 19.9. The number of nitrogens with zero attached hydrogens (tertiary/aromatic N) is 2. The molecule has 0 unspecified atom stereocenters. The number of hydrogen-bond acceptors (Lipinski definition) is 4. The highest BCUT2D eigenvalue weighted by Gasteiger charge is 2.08. The molecule has 0 aliphatic heterocycles. The number of aryl methyl sites for hydroxylation is 1. The Morgan fingerprint density at radius 3 is 2.70 bits per heavy atom. The zero-order valence-electron chi connectivity index (χ0n) is 11.0. The van der Waals surface area contributed by atoms with Crippen molar-refractivity contribution in [2.75, 3.05) is 17.7 Å². The Hall–Kier alpha value is -2.15. The molecule has 2 amide bonds. The molecule has 0 spiro atoms. The van der Waals surface area contributed by atoms with Gasteiger partial charge in [0.2, 0.25) is 0 Å².